The molecule has 0 spiro atoms. The maximum Gasteiger partial charge on any atom is 0.398 e. The molecule has 0 radical (unpaired) electrons. The summed E-state index contributed by atoms with van der Waals surface area (Å²) in [7, 11) is 0. The highest BCUT2D eigenvalue weighted by Gasteiger charge is 2.27. The average Bonchev–Trinajstić information content (AvgIpc) is 2.14. The third-order valence-corrected chi connectivity index (χ3v) is 3.05. The fourth-order valence-electron chi connectivity index (χ4n) is 1.22. The fraction of sp³-hybridized carbons (Fsp3) is 0.455. The van der Waals surface area contributed by atoms with Gasteiger partial charge < -0.3 is 0 Å². The van der Waals surface area contributed by atoms with Gasteiger partial charge in [-0.1, -0.05) is 13.8 Å². The third kappa shape index (κ3) is 4.04. The van der Waals surface area contributed by atoms with E-state index >= 15 is 0 Å². The molecular formula is C11H12F4S. The number of hydrogen-bond donors (Lipinski definition) is 0. The lowest BCUT2D eigenvalue weighted by atomic mass is 10.0. The van der Waals surface area contributed by atoms with Gasteiger partial charge in [0.05, 0.1) is 5.75 Å². The molecule has 0 aromatic heterocycles. The summed E-state index contributed by atoms with van der Waals surface area (Å²) in [4.78, 5) is 0.447. The largest absolute Gasteiger partial charge is 0.398 e. The highest BCUT2D eigenvalue weighted by Crippen LogP contribution is 2.30. The average molecular weight is 252 g/mol. The van der Waals surface area contributed by atoms with Crippen LogP contribution in [0, 0.1) is 5.82 Å². The van der Waals surface area contributed by atoms with Crippen LogP contribution in [0.25, 0.3) is 0 Å². The molecule has 0 aliphatic rings. The van der Waals surface area contributed by atoms with Crippen LogP contribution in [0.1, 0.15) is 25.3 Å². The van der Waals surface area contributed by atoms with Gasteiger partial charge in [-0.2, -0.15) is 13.2 Å². The maximum absolute atomic E-state index is 13.3. The fourth-order valence-corrected chi connectivity index (χ4v) is 1.92. The summed E-state index contributed by atoms with van der Waals surface area (Å²) >= 11 is 0.676. The molecule has 0 amide bonds. The van der Waals surface area contributed by atoms with Crippen LogP contribution in [0.3, 0.4) is 0 Å². The molecule has 0 aliphatic heterocycles. The van der Waals surface area contributed by atoms with E-state index in [1.165, 1.54) is 18.2 Å². The second kappa shape index (κ2) is 5.08. The van der Waals surface area contributed by atoms with Gasteiger partial charge in [0.1, 0.15) is 5.82 Å². The van der Waals surface area contributed by atoms with E-state index in [4.69, 9.17) is 0 Å². The molecule has 0 saturated heterocycles. The zero-order valence-corrected chi connectivity index (χ0v) is 9.75. The first-order valence-corrected chi connectivity index (χ1v) is 5.77. The Morgan fingerprint density at radius 1 is 1.25 bits per heavy atom. The van der Waals surface area contributed by atoms with Crippen LogP contribution in [0.4, 0.5) is 17.6 Å². The Bertz CT molecular complexity index is 357. The normalized spacial score (nSPS) is 12.2. The summed E-state index contributed by atoms with van der Waals surface area (Å²) in [5, 5.41) is 0. The number of thioether (sulfide) groups is 1. The Hall–Kier alpha value is -0.710. The van der Waals surface area contributed by atoms with Gasteiger partial charge in [0, 0.05) is 4.90 Å². The summed E-state index contributed by atoms with van der Waals surface area (Å²) in [5.41, 5.74) is 0.451. The van der Waals surface area contributed by atoms with E-state index in [9.17, 15) is 17.6 Å². The third-order valence-electron chi connectivity index (χ3n) is 1.99. The lowest BCUT2D eigenvalue weighted by Gasteiger charge is -2.10. The molecule has 0 atom stereocenters. The highest BCUT2D eigenvalue weighted by molar-refractivity contribution is 7.99. The predicted molar refractivity (Wildman–Crippen MR) is 57.3 cm³/mol. The Balaban J connectivity index is 2.79. The van der Waals surface area contributed by atoms with Crippen molar-refractivity contribution in [2.45, 2.75) is 30.8 Å². The van der Waals surface area contributed by atoms with Crippen LogP contribution in [0.15, 0.2) is 23.1 Å². The molecule has 1 rings (SSSR count). The summed E-state index contributed by atoms with van der Waals surface area (Å²) in [6.45, 7) is 3.60. The molecular weight excluding hydrogens is 240 g/mol. The molecule has 1 aromatic carbocycles. The molecule has 90 valence electrons. The van der Waals surface area contributed by atoms with E-state index in [0.717, 1.165) is 0 Å². The van der Waals surface area contributed by atoms with Crippen molar-refractivity contribution in [2.75, 3.05) is 5.75 Å². The van der Waals surface area contributed by atoms with E-state index in [2.05, 4.69) is 0 Å². The minimum atomic E-state index is -4.20. The second-order valence-corrected chi connectivity index (χ2v) is 4.79. The smallest absolute Gasteiger partial charge is 0.207 e. The van der Waals surface area contributed by atoms with Gasteiger partial charge in [-0.05, 0) is 29.7 Å². The van der Waals surface area contributed by atoms with Gasteiger partial charge in [0.2, 0.25) is 0 Å². The first-order chi connectivity index (χ1) is 7.29. The first-order valence-electron chi connectivity index (χ1n) is 4.78. The van der Waals surface area contributed by atoms with Crippen LogP contribution in [0.5, 0.6) is 0 Å². The summed E-state index contributed by atoms with van der Waals surface area (Å²) in [5.74, 6) is -1.35. The minimum absolute atomic E-state index is 0.0357. The molecule has 0 N–H and O–H groups in total. The second-order valence-electron chi connectivity index (χ2n) is 3.74. The van der Waals surface area contributed by atoms with E-state index in [1.54, 1.807) is 13.8 Å². The molecule has 1 aromatic rings. The highest BCUT2D eigenvalue weighted by atomic mass is 32.2. The Morgan fingerprint density at radius 3 is 2.38 bits per heavy atom. The Morgan fingerprint density at radius 2 is 1.88 bits per heavy atom. The quantitative estimate of drug-likeness (QED) is 0.559. The van der Waals surface area contributed by atoms with Crippen LogP contribution in [-0.2, 0) is 0 Å². The van der Waals surface area contributed by atoms with E-state index in [0.29, 0.717) is 22.2 Å². The van der Waals surface area contributed by atoms with Crippen LogP contribution in [0.2, 0.25) is 0 Å². The molecule has 0 fully saturated rings. The topological polar surface area (TPSA) is 0 Å². The number of rotatable bonds is 3. The molecule has 0 saturated carbocycles. The number of alkyl halides is 3. The van der Waals surface area contributed by atoms with E-state index in [-0.39, 0.29) is 11.7 Å². The standard InChI is InChI=1S/C11H12F4S/c1-7(2)9-5-8(3-4-10(9)12)16-6-11(13,14)15/h3-5,7H,6H2,1-2H3. The van der Waals surface area contributed by atoms with Crippen molar-refractivity contribution >= 4 is 11.8 Å². The first kappa shape index (κ1) is 13.4. The van der Waals surface area contributed by atoms with Crippen molar-refractivity contribution in [1.82, 2.24) is 0 Å². The predicted octanol–water partition coefficient (Wildman–Crippen LogP) is 4.60. The Kier molecular flexibility index (Phi) is 4.24. The minimum Gasteiger partial charge on any atom is -0.207 e. The van der Waals surface area contributed by atoms with Gasteiger partial charge >= 0.3 is 6.18 Å². The van der Waals surface area contributed by atoms with Crippen LogP contribution in [-0.4, -0.2) is 11.9 Å². The van der Waals surface area contributed by atoms with E-state index < -0.39 is 11.9 Å². The molecule has 0 nitrogen and oxygen atoms in total. The maximum atomic E-state index is 13.3. The van der Waals surface area contributed by atoms with Crippen molar-refractivity contribution in [3.63, 3.8) is 0 Å². The molecule has 16 heavy (non-hydrogen) atoms. The van der Waals surface area contributed by atoms with Crippen molar-refractivity contribution in [2.24, 2.45) is 0 Å². The monoisotopic (exact) mass is 252 g/mol. The Labute approximate surface area is 96.0 Å². The molecule has 5 heteroatoms. The molecule has 0 aliphatic carbocycles. The zero-order valence-electron chi connectivity index (χ0n) is 8.94. The SMILES string of the molecule is CC(C)c1cc(SCC(F)(F)F)ccc1F. The van der Waals surface area contributed by atoms with Gasteiger partial charge in [0.15, 0.2) is 0 Å². The van der Waals surface area contributed by atoms with Crippen molar-refractivity contribution in [3.8, 4) is 0 Å². The zero-order chi connectivity index (χ0) is 12.3. The number of hydrogen-bond acceptors (Lipinski definition) is 1. The molecule has 0 heterocycles. The lowest BCUT2D eigenvalue weighted by Crippen LogP contribution is -2.10. The number of benzene rings is 1. The lowest BCUT2D eigenvalue weighted by molar-refractivity contribution is -0.105. The summed E-state index contributed by atoms with van der Waals surface area (Å²) < 4.78 is 49.2. The van der Waals surface area contributed by atoms with Gasteiger partial charge in [-0.3, -0.25) is 0 Å². The summed E-state index contributed by atoms with van der Waals surface area (Å²) in [6, 6.07) is 4.07. The van der Waals surface area contributed by atoms with Crippen LogP contribution < -0.4 is 0 Å². The van der Waals surface area contributed by atoms with Crippen molar-refractivity contribution in [3.05, 3.63) is 29.6 Å². The van der Waals surface area contributed by atoms with Gasteiger partial charge in [-0.15, -0.1) is 11.8 Å². The van der Waals surface area contributed by atoms with Crippen LogP contribution >= 0.6 is 11.8 Å². The van der Waals surface area contributed by atoms with Crippen molar-refractivity contribution < 1.29 is 17.6 Å². The molecule has 0 unspecified atom stereocenters. The summed E-state index contributed by atoms with van der Waals surface area (Å²) in [6.07, 6.45) is -4.20. The van der Waals surface area contributed by atoms with Gasteiger partial charge in [0.25, 0.3) is 0 Å². The molecule has 0 bridgehead atoms. The van der Waals surface area contributed by atoms with E-state index in [1.807, 2.05) is 0 Å². The number of halogens is 4. The van der Waals surface area contributed by atoms with Gasteiger partial charge in [-0.25, -0.2) is 4.39 Å². The van der Waals surface area contributed by atoms with Crippen molar-refractivity contribution in [1.29, 1.82) is 0 Å².